The quantitative estimate of drug-likeness (QED) is 0.152. The number of fused-ring (bicyclic) bond motifs is 13. The maximum absolute atomic E-state index is 6.98. The molecule has 13 aromatic rings. The number of rotatable bonds is 8. The average Bonchev–Trinajstić information content (AvgIpc) is 3.96. The van der Waals surface area contributed by atoms with E-state index in [2.05, 4.69) is 244 Å². The van der Waals surface area contributed by atoms with Crippen molar-refractivity contribution < 1.29 is 8.83 Å². The summed E-state index contributed by atoms with van der Waals surface area (Å²) in [4.78, 5) is 4.76. The van der Waals surface area contributed by atoms with E-state index in [0.29, 0.717) is 11.8 Å². The highest BCUT2D eigenvalue weighted by molar-refractivity contribution is 6.24. The third-order valence-electron chi connectivity index (χ3n) is 14.1. The van der Waals surface area contributed by atoms with Crippen molar-refractivity contribution in [3.63, 3.8) is 0 Å². The number of hydrogen-bond donors (Lipinski definition) is 0. The maximum Gasteiger partial charge on any atom is 0.178 e. The predicted octanol–water partition coefficient (Wildman–Crippen LogP) is 19.3. The molecule has 0 aliphatic carbocycles. The summed E-state index contributed by atoms with van der Waals surface area (Å²) in [6, 6.07) is 74.8. The van der Waals surface area contributed by atoms with Crippen molar-refractivity contribution in [2.24, 2.45) is 0 Å². The maximum atomic E-state index is 6.98. The van der Waals surface area contributed by atoms with Crippen LogP contribution in [-0.4, -0.2) is 0 Å². The smallest absolute Gasteiger partial charge is 0.178 e. The minimum absolute atomic E-state index is 0.413. The van der Waals surface area contributed by atoms with Gasteiger partial charge in [-0.05, 0) is 142 Å². The molecular formula is C64H48N2O2. The van der Waals surface area contributed by atoms with Gasteiger partial charge in [-0.25, -0.2) is 0 Å². The minimum Gasteiger partial charge on any atom is -0.451 e. The van der Waals surface area contributed by atoms with Gasteiger partial charge in [0.05, 0.1) is 11.4 Å². The number of benzene rings is 11. The van der Waals surface area contributed by atoms with Crippen LogP contribution >= 0.6 is 0 Å². The third-order valence-corrected chi connectivity index (χ3v) is 14.1. The molecule has 2 heterocycles. The first-order valence-electron chi connectivity index (χ1n) is 23.8. The van der Waals surface area contributed by atoms with Crippen molar-refractivity contribution in [2.45, 2.75) is 39.5 Å². The summed E-state index contributed by atoms with van der Waals surface area (Å²) in [6.07, 6.45) is 0. The highest BCUT2D eigenvalue weighted by Crippen LogP contribution is 2.47. The van der Waals surface area contributed by atoms with E-state index < -0.39 is 0 Å². The molecule has 2 aromatic heterocycles. The fourth-order valence-corrected chi connectivity index (χ4v) is 10.9. The second-order valence-corrected chi connectivity index (χ2v) is 18.8. The molecule has 0 atom stereocenters. The highest BCUT2D eigenvalue weighted by Gasteiger charge is 2.23. The van der Waals surface area contributed by atoms with Crippen LogP contribution < -0.4 is 9.80 Å². The number of para-hydroxylation sites is 2. The van der Waals surface area contributed by atoms with E-state index in [9.17, 15) is 0 Å². The molecule has 0 aliphatic heterocycles. The van der Waals surface area contributed by atoms with E-state index in [4.69, 9.17) is 8.83 Å². The summed E-state index contributed by atoms with van der Waals surface area (Å²) in [5.41, 5.74) is 12.6. The Kier molecular flexibility index (Phi) is 9.20. The standard InChI is InChI=1S/C64H48N2O2/c1-39(2)47-33-35-59(53-21-13-11-19-51(47)53)65(43-15-7-5-8-16-43)45-25-29-49-41(37-45)23-27-55-57-31-32-58-56-28-24-42-38-46(26-30-50(42)62(56)68-64(58)63(57)67-61(49)55)66(44-17-9-6-10-18-44)60-36-34-48(40(3)4)52-20-12-14-22-54(52)60/h5-40H,1-4H3. The fourth-order valence-electron chi connectivity index (χ4n) is 10.9. The van der Waals surface area contributed by atoms with E-state index in [1.165, 1.54) is 32.7 Å². The van der Waals surface area contributed by atoms with Crippen molar-refractivity contribution in [1.82, 2.24) is 0 Å². The van der Waals surface area contributed by atoms with Crippen molar-refractivity contribution in [3.05, 3.63) is 217 Å². The van der Waals surface area contributed by atoms with Crippen LogP contribution in [0, 0.1) is 0 Å². The SMILES string of the molecule is CC(C)c1ccc(N(c2ccccc2)c2ccc3c(ccc4c5ccc6c7ccc8cc(N(c9ccccc9)c9ccc(C(C)C)c%10ccccc9%10)ccc8c7oc6c5oc34)c2)c2ccccc12. The average molecular weight is 877 g/mol. The first-order chi connectivity index (χ1) is 33.4. The Labute approximate surface area is 394 Å². The van der Waals surface area contributed by atoms with Gasteiger partial charge >= 0.3 is 0 Å². The van der Waals surface area contributed by atoms with E-state index in [1.807, 2.05) is 0 Å². The second kappa shape index (κ2) is 15.6. The van der Waals surface area contributed by atoms with Gasteiger partial charge in [0.2, 0.25) is 0 Å². The van der Waals surface area contributed by atoms with Crippen LogP contribution in [0.15, 0.2) is 215 Å². The molecule has 0 aliphatic rings. The first kappa shape index (κ1) is 40.0. The van der Waals surface area contributed by atoms with E-state index in [-0.39, 0.29) is 0 Å². The van der Waals surface area contributed by atoms with Crippen molar-refractivity contribution >= 4 is 121 Å². The summed E-state index contributed by atoms with van der Waals surface area (Å²) in [5.74, 6) is 0.827. The minimum atomic E-state index is 0.413. The topological polar surface area (TPSA) is 32.8 Å². The molecule has 0 saturated carbocycles. The van der Waals surface area contributed by atoms with Crippen LogP contribution in [0.1, 0.15) is 50.7 Å². The molecule has 4 heteroatoms. The highest BCUT2D eigenvalue weighted by atomic mass is 16.4. The number of hydrogen-bond acceptors (Lipinski definition) is 4. The Morgan fingerprint density at radius 2 is 0.632 bits per heavy atom. The lowest BCUT2D eigenvalue weighted by molar-refractivity contribution is 0.637. The number of furan rings is 2. The van der Waals surface area contributed by atoms with Crippen molar-refractivity contribution in [3.8, 4) is 0 Å². The molecule has 0 spiro atoms. The van der Waals surface area contributed by atoms with Gasteiger partial charge in [0.15, 0.2) is 11.2 Å². The zero-order chi connectivity index (χ0) is 45.6. The Balaban J connectivity index is 0.936. The van der Waals surface area contributed by atoms with Crippen LogP contribution in [0.5, 0.6) is 0 Å². The lowest BCUT2D eigenvalue weighted by Gasteiger charge is -2.28. The molecule has 0 radical (unpaired) electrons. The molecule has 11 aromatic carbocycles. The third kappa shape index (κ3) is 6.21. The Bertz CT molecular complexity index is 3840. The molecule has 4 nitrogen and oxygen atoms in total. The van der Waals surface area contributed by atoms with Crippen molar-refractivity contribution in [1.29, 1.82) is 0 Å². The molecule has 0 unspecified atom stereocenters. The summed E-state index contributed by atoms with van der Waals surface area (Å²) in [6.45, 7) is 9.07. The molecular weight excluding hydrogens is 829 g/mol. The normalized spacial score (nSPS) is 12.1. The van der Waals surface area contributed by atoms with Crippen LogP contribution in [0.4, 0.5) is 34.1 Å². The van der Waals surface area contributed by atoms with Gasteiger partial charge in [0, 0.05) is 65.8 Å². The Morgan fingerprint density at radius 1 is 0.279 bits per heavy atom. The molecule has 0 saturated heterocycles. The molecule has 0 amide bonds. The molecule has 0 N–H and O–H groups in total. The first-order valence-corrected chi connectivity index (χ1v) is 23.8. The number of nitrogens with zero attached hydrogens (tertiary/aromatic N) is 2. The van der Waals surface area contributed by atoms with Gasteiger partial charge in [-0.15, -0.1) is 0 Å². The summed E-state index contributed by atoms with van der Waals surface area (Å²) < 4.78 is 14.0. The Morgan fingerprint density at radius 3 is 1.04 bits per heavy atom. The van der Waals surface area contributed by atoms with Crippen LogP contribution in [0.25, 0.3) is 87.0 Å². The Hall–Kier alpha value is -8.34. The lowest BCUT2D eigenvalue weighted by Crippen LogP contribution is -2.11. The van der Waals surface area contributed by atoms with Gasteiger partial charge in [-0.2, -0.15) is 0 Å². The van der Waals surface area contributed by atoms with Crippen molar-refractivity contribution in [2.75, 3.05) is 9.80 Å². The van der Waals surface area contributed by atoms with E-state index >= 15 is 0 Å². The monoisotopic (exact) mass is 876 g/mol. The molecule has 68 heavy (non-hydrogen) atoms. The summed E-state index contributed by atoms with van der Waals surface area (Å²) in [5, 5.41) is 13.6. The molecule has 326 valence electrons. The fraction of sp³-hybridized carbons (Fsp3) is 0.0938. The molecule has 0 bridgehead atoms. The zero-order valence-corrected chi connectivity index (χ0v) is 38.5. The molecule has 0 fully saturated rings. The van der Waals surface area contributed by atoms with Gasteiger partial charge in [0.25, 0.3) is 0 Å². The van der Waals surface area contributed by atoms with E-state index in [1.54, 1.807) is 0 Å². The molecule has 13 rings (SSSR count). The largest absolute Gasteiger partial charge is 0.451 e. The summed E-state index contributed by atoms with van der Waals surface area (Å²) >= 11 is 0. The van der Waals surface area contributed by atoms with Crippen LogP contribution in [0.3, 0.4) is 0 Å². The van der Waals surface area contributed by atoms with Gasteiger partial charge in [0.1, 0.15) is 11.2 Å². The van der Waals surface area contributed by atoms with Gasteiger partial charge in [-0.3, -0.25) is 0 Å². The summed E-state index contributed by atoms with van der Waals surface area (Å²) in [7, 11) is 0. The second-order valence-electron chi connectivity index (χ2n) is 18.8. The van der Waals surface area contributed by atoms with Gasteiger partial charge in [-0.1, -0.05) is 137 Å². The predicted molar refractivity (Wildman–Crippen MR) is 289 cm³/mol. The number of anilines is 6. The lowest BCUT2D eigenvalue weighted by atomic mass is 9.94. The van der Waals surface area contributed by atoms with Gasteiger partial charge < -0.3 is 18.6 Å². The van der Waals surface area contributed by atoms with E-state index in [0.717, 1.165) is 99.5 Å². The van der Waals surface area contributed by atoms with Crippen LogP contribution in [-0.2, 0) is 0 Å². The zero-order valence-electron chi connectivity index (χ0n) is 38.5. The van der Waals surface area contributed by atoms with Crippen LogP contribution in [0.2, 0.25) is 0 Å².